The topological polar surface area (TPSA) is 81.8 Å². The number of hydrogen-bond donors (Lipinski definition) is 1. The van der Waals surface area contributed by atoms with Crippen LogP contribution in [0.1, 0.15) is 41.9 Å². The van der Waals surface area contributed by atoms with E-state index in [2.05, 4.69) is 15.5 Å². The van der Waals surface area contributed by atoms with Crippen LogP contribution in [0, 0.1) is 27.7 Å². The molecule has 7 nitrogen and oxygen atoms in total. The summed E-state index contributed by atoms with van der Waals surface area (Å²) >= 11 is 6.28. The van der Waals surface area contributed by atoms with Gasteiger partial charge in [0.15, 0.2) is 5.52 Å². The maximum absolute atomic E-state index is 13.4. The normalized spacial score (nSPS) is 12.2. The van der Waals surface area contributed by atoms with Gasteiger partial charge in [0, 0.05) is 0 Å². The van der Waals surface area contributed by atoms with Crippen molar-refractivity contribution in [2.24, 2.45) is 0 Å². The van der Waals surface area contributed by atoms with Crippen LogP contribution in [0.2, 0.25) is 5.02 Å². The van der Waals surface area contributed by atoms with E-state index < -0.39 is 11.6 Å². The van der Waals surface area contributed by atoms with Gasteiger partial charge in [-0.15, -0.1) is 0 Å². The van der Waals surface area contributed by atoms with Crippen LogP contribution in [0.15, 0.2) is 47.3 Å². The molecule has 0 radical (unpaired) electrons. The van der Waals surface area contributed by atoms with Crippen molar-refractivity contribution in [3.05, 3.63) is 80.4 Å². The molecule has 2 aromatic carbocycles. The number of anilines is 1. The molecule has 0 fully saturated rings. The number of hydrogen-bond acceptors (Lipinski definition) is 4. The number of aryl methyl sites for hydroxylation is 4. The number of rotatable bonds is 5. The van der Waals surface area contributed by atoms with E-state index in [1.54, 1.807) is 16.8 Å². The van der Waals surface area contributed by atoms with Crippen molar-refractivity contribution < 1.29 is 4.79 Å². The lowest BCUT2D eigenvalue weighted by Gasteiger charge is -2.18. The molecular formula is C25H26ClN5O2. The van der Waals surface area contributed by atoms with E-state index in [0.29, 0.717) is 33.7 Å². The third kappa shape index (κ3) is 4.16. The number of benzene rings is 2. The van der Waals surface area contributed by atoms with Gasteiger partial charge in [0.2, 0.25) is 5.91 Å². The Hall–Kier alpha value is -3.45. The van der Waals surface area contributed by atoms with E-state index in [4.69, 9.17) is 11.6 Å². The number of amides is 1. The molecule has 0 saturated carbocycles. The minimum absolute atomic E-state index is 0.292. The van der Waals surface area contributed by atoms with Crippen LogP contribution in [0.4, 0.5) is 5.69 Å². The number of nitrogens with one attached hydrogen (secondary N) is 1. The maximum atomic E-state index is 13.4. The second kappa shape index (κ2) is 8.83. The maximum Gasteiger partial charge on any atom is 0.295 e. The van der Waals surface area contributed by atoms with Crippen molar-refractivity contribution in [1.82, 2.24) is 19.6 Å². The first-order valence-electron chi connectivity index (χ1n) is 10.8. The van der Waals surface area contributed by atoms with Crippen LogP contribution in [-0.4, -0.2) is 25.5 Å². The molecule has 0 saturated heterocycles. The molecule has 4 aromatic rings. The van der Waals surface area contributed by atoms with Crippen LogP contribution in [-0.2, 0) is 4.79 Å². The first kappa shape index (κ1) is 22.7. The van der Waals surface area contributed by atoms with Gasteiger partial charge in [-0.25, -0.2) is 9.36 Å². The molecule has 0 aliphatic carbocycles. The zero-order valence-corrected chi connectivity index (χ0v) is 20.1. The largest absolute Gasteiger partial charge is 0.323 e. The SMILES string of the molecule is CC[C@H](C(=O)Nc1ccc(C)cc1Cl)n1nc(C)c2c(C)n(-c3ccc(C)cc3)nc2c1=O. The van der Waals surface area contributed by atoms with Gasteiger partial charge in [-0.1, -0.05) is 42.3 Å². The van der Waals surface area contributed by atoms with E-state index >= 15 is 0 Å². The van der Waals surface area contributed by atoms with Gasteiger partial charge in [-0.3, -0.25) is 9.59 Å². The molecular weight excluding hydrogens is 438 g/mol. The smallest absolute Gasteiger partial charge is 0.295 e. The summed E-state index contributed by atoms with van der Waals surface area (Å²) in [7, 11) is 0. The third-order valence-electron chi connectivity index (χ3n) is 5.79. The second-order valence-corrected chi connectivity index (χ2v) is 8.70. The number of carbonyl (C=O) groups excluding carboxylic acids is 1. The highest BCUT2D eigenvalue weighted by Gasteiger charge is 2.25. The minimum Gasteiger partial charge on any atom is -0.323 e. The summed E-state index contributed by atoms with van der Waals surface area (Å²) in [6.07, 6.45) is 0.380. The Labute approximate surface area is 197 Å². The van der Waals surface area contributed by atoms with Gasteiger partial charge in [-0.2, -0.15) is 10.2 Å². The molecule has 0 aliphatic heterocycles. The molecule has 1 amide bonds. The molecule has 0 spiro atoms. The number of fused-ring (bicyclic) bond motifs is 1. The van der Waals surface area contributed by atoms with E-state index in [1.807, 2.05) is 65.0 Å². The predicted molar refractivity (Wildman–Crippen MR) is 131 cm³/mol. The van der Waals surface area contributed by atoms with Gasteiger partial charge in [-0.05, 0) is 63.9 Å². The van der Waals surface area contributed by atoms with Crippen molar-refractivity contribution in [3.8, 4) is 5.69 Å². The Bertz CT molecular complexity index is 1420. The van der Waals surface area contributed by atoms with Crippen LogP contribution >= 0.6 is 11.6 Å². The lowest BCUT2D eigenvalue weighted by atomic mass is 10.1. The van der Waals surface area contributed by atoms with E-state index in [9.17, 15) is 9.59 Å². The van der Waals surface area contributed by atoms with Crippen LogP contribution in [0.3, 0.4) is 0 Å². The number of nitrogens with zero attached hydrogens (tertiary/aromatic N) is 4. The molecule has 0 unspecified atom stereocenters. The Kier molecular flexibility index (Phi) is 6.08. The fraction of sp³-hybridized carbons (Fsp3) is 0.280. The van der Waals surface area contributed by atoms with E-state index in [-0.39, 0.29) is 5.91 Å². The summed E-state index contributed by atoms with van der Waals surface area (Å²) in [6.45, 7) is 9.52. The van der Waals surface area contributed by atoms with Crippen molar-refractivity contribution in [1.29, 1.82) is 0 Å². The highest BCUT2D eigenvalue weighted by molar-refractivity contribution is 6.33. The fourth-order valence-corrected chi connectivity index (χ4v) is 4.29. The summed E-state index contributed by atoms with van der Waals surface area (Å²) < 4.78 is 2.98. The molecule has 33 heavy (non-hydrogen) atoms. The summed E-state index contributed by atoms with van der Waals surface area (Å²) in [6, 6.07) is 12.5. The molecule has 1 atom stereocenters. The Morgan fingerprint density at radius 1 is 1.03 bits per heavy atom. The van der Waals surface area contributed by atoms with Crippen LogP contribution in [0.25, 0.3) is 16.6 Å². The lowest BCUT2D eigenvalue weighted by molar-refractivity contribution is -0.119. The zero-order chi connectivity index (χ0) is 23.9. The fourth-order valence-electron chi connectivity index (χ4n) is 4.01. The Morgan fingerprint density at radius 2 is 1.70 bits per heavy atom. The van der Waals surface area contributed by atoms with Crippen LogP contribution in [0.5, 0.6) is 0 Å². The number of carbonyl (C=O) groups is 1. The molecule has 8 heteroatoms. The Balaban J connectivity index is 1.78. The monoisotopic (exact) mass is 463 g/mol. The van der Waals surface area contributed by atoms with E-state index in [0.717, 1.165) is 22.5 Å². The molecule has 2 heterocycles. The molecule has 2 aromatic heterocycles. The van der Waals surface area contributed by atoms with Gasteiger partial charge in [0.1, 0.15) is 6.04 Å². The second-order valence-electron chi connectivity index (χ2n) is 8.29. The van der Waals surface area contributed by atoms with Crippen molar-refractivity contribution >= 4 is 34.1 Å². The summed E-state index contributed by atoms with van der Waals surface area (Å²) in [5, 5.41) is 13.1. The molecule has 1 N–H and O–H groups in total. The molecule has 4 rings (SSSR count). The first-order chi connectivity index (χ1) is 15.7. The van der Waals surface area contributed by atoms with Crippen molar-refractivity contribution in [2.45, 2.75) is 47.1 Å². The number of aromatic nitrogens is 4. The molecule has 170 valence electrons. The van der Waals surface area contributed by atoms with Crippen molar-refractivity contribution in [2.75, 3.05) is 5.32 Å². The standard InChI is InChI=1S/C25H26ClN5O2/c1-6-21(24(32)27-20-12-9-15(3)13-19(20)26)31-25(33)23-22(16(4)28-31)17(5)30(29-23)18-10-7-14(2)8-11-18/h7-13,21H,6H2,1-5H3,(H,27,32)/t21-/m1/s1. The van der Waals surface area contributed by atoms with Gasteiger partial charge < -0.3 is 5.32 Å². The molecule has 0 aliphatic rings. The summed E-state index contributed by atoms with van der Waals surface area (Å²) in [5.41, 5.74) is 4.84. The quantitative estimate of drug-likeness (QED) is 0.448. The third-order valence-corrected chi connectivity index (χ3v) is 6.10. The van der Waals surface area contributed by atoms with E-state index in [1.165, 1.54) is 4.68 Å². The zero-order valence-electron chi connectivity index (χ0n) is 19.3. The molecule has 0 bridgehead atoms. The number of halogens is 1. The van der Waals surface area contributed by atoms with Crippen molar-refractivity contribution in [3.63, 3.8) is 0 Å². The van der Waals surface area contributed by atoms with Gasteiger partial charge in [0.05, 0.1) is 33.2 Å². The predicted octanol–water partition coefficient (Wildman–Crippen LogP) is 5.06. The minimum atomic E-state index is -0.803. The summed E-state index contributed by atoms with van der Waals surface area (Å²) in [5.74, 6) is -0.355. The average Bonchev–Trinajstić information content (AvgIpc) is 3.12. The lowest BCUT2D eigenvalue weighted by Crippen LogP contribution is -2.35. The van der Waals surface area contributed by atoms with Crippen LogP contribution < -0.4 is 10.9 Å². The first-order valence-corrected chi connectivity index (χ1v) is 11.2. The summed E-state index contributed by atoms with van der Waals surface area (Å²) in [4.78, 5) is 26.5. The Morgan fingerprint density at radius 3 is 2.33 bits per heavy atom. The highest BCUT2D eigenvalue weighted by atomic mass is 35.5. The highest BCUT2D eigenvalue weighted by Crippen LogP contribution is 2.25. The van der Waals surface area contributed by atoms with Gasteiger partial charge >= 0.3 is 0 Å². The average molecular weight is 464 g/mol. The van der Waals surface area contributed by atoms with Gasteiger partial charge in [0.25, 0.3) is 5.56 Å².